The van der Waals surface area contributed by atoms with Crippen molar-refractivity contribution < 1.29 is 47.3 Å². The van der Waals surface area contributed by atoms with E-state index >= 15 is 0 Å². The van der Waals surface area contributed by atoms with Crippen molar-refractivity contribution in [3.63, 3.8) is 0 Å². The molecule has 1 aromatic heterocycles. The first-order valence-electron chi connectivity index (χ1n) is 6.73. The zero-order chi connectivity index (χ0) is 18.5. The van der Waals surface area contributed by atoms with Crippen LogP contribution in [0.2, 0.25) is 0 Å². The third kappa shape index (κ3) is 5.94. The Morgan fingerprint density at radius 1 is 0.920 bits per heavy atom. The van der Waals surface area contributed by atoms with Gasteiger partial charge in [0.15, 0.2) is 13.7 Å². The topological polar surface area (TPSA) is 70.1 Å². The van der Waals surface area contributed by atoms with Crippen molar-refractivity contribution in [2.75, 3.05) is 0 Å². The first-order valence-corrected chi connectivity index (χ1v) is 10.3. The van der Waals surface area contributed by atoms with E-state index in [1.54, 1.807) is 0 Å². The van der Waals surface area contributed by atoms with Crippen molar-refractivity contribution in [1.29, 1.82) is 0 Å². The fraction of sp³-hybridized carbons (Fsp3) is 0.0625. The maximum absolute atomic E-state index is 10.7. The van der Waals surface area contributed by atoms with Crippen LogP contribution in [-0.4, -0.2) is 23.5 Å². The SMILES string of the molecule is O=S(=O)([O-])C(F)(F)F.c1ccc([I+]c2cnc3ccccc3c2)cc1. The second kappa shape index (κ2) is 8.11. The van der Waals surface area contributed by atoms with Crippen LogP contribution < -0.4 is 21.2 Å². The van der Waals surface area contributed by atoms with E-state index in [2.05, 4.69) is 59.6 Å². The van der Waals surface area contributed by atoms with Crippen LogP contribution in [-0.2, 0) is 10.1 Å². The molecule has 0 N–H and O–H groups in total. The molecule has 0 aliphatic heterocycles. The van der Waals surface area contributed by atoms with Crippen molar-refractivity contribution in [3.8, 4) is 0 Å². The highest BCUT2D eigenvalue weighted by atomic mass is 127. The maximum Gasteiger partial charge on any atom is 0.485 e. The summed E-state index contributed by atoms with van der Waals surface area (Å²) in [5.74, 6) is 0. The van der Waals surface area contributed by atoms with Crippen LogP contribution in [0.1, 0.15) is 0 Å². The fourth-order valence-corrected chi connectivity index (χ4v) is 3.96. The molecular weight excluding hydrogens is 470 g/mol. The predicted molar refractivity (Wildman–Crippen MR) is 81.3 cm³/mol. The summed E-state index contributed by atoms with van der Waals surface area (Å²) in [7, 11) is -6.09. The standard InChI is InChI=1S/C15H11IN.CHF3O3S/c1-2-7-13(8-3-1)16-14-10-12-6-4-5-9-15(12)17-11-14;2-1(3,4)8(5,6)7/h1-11H;(H,5,6,7)/q+1;/p-1. The molecule has 0 aliphatic rings. The summed E-state index contributed by atoms with van der Waals surface area (Å²) in [6.45, 7) is 0. The van der Waals surface area contributed by atoms with E-state index in [1.165, 1.54) is 12.5 Å². The van der Waals surface area contributed by atoms with Crippen LogP contribution in [0.3, 0.4) is 0 Å². The van der Waals surface area contributed by atoms with Gasteiger partial charge in [0.25, 0.3) is 0 Å². The maximum atomic E-state index is 10.7. The van der Waals surface area contributed by atoms with E-state index < -0.39 is 15.6 Å². The minimum Gasteiger partial charge on any atom is -0.741 e. The normalized spacial score (nSPS) is 11.7. The van der Waals surface area contributed by atoms with Gasteiger partial charge in [0.2, 0.25) is 3.57 Å². The van der Waals surface area contributed by atoms with Gasteiger partial charge >= 0.3 is 26.7 Å². The molecule has 1 heterocycles. The van der Waals surface area contributed by atoms with Crippen LogP contribution in [0.25, 0.3) is 10.9 Å². The summed E-state index contributed by atoms with van der Waals surface area (Å²) in [4.78, 5) is 4.50. The number of benzene rings is 2. The highest BCUT2D eigenvalue weighted by molar-refractivity contribution is 7.86. The first-order chi connectivity index (χ1) is 11.7. The Morgan fingerprint density at radius 3 is 2.08 bits per heavy atom. The number of para-hydroxylation sites is 1. The van der Waals surface area contributed by atoms with Gasteiger partial charge in [0.1, 0.15) is 0 Å². The fourth-order valence-electron chi connectivity index (χ4n) is 1.70. The Labute approximate surface area is 152 Å². The van der Waals surface area contributed by atoms with E-state index in [-0.39, 0.29) is 21.2 Å². The molecular formula is C16H11F3INO3S. The van der Waals surface area contributed by atoms with Crippen LogP contribution in [0.15, 0.2) is 66.9 Å². The summed E-state index contributed by atoms with van der Waals surface area (Å²) < 4.78 is 61.7. The third-order valence-corrected chi connectivity index (χ3v) is 5.91. The average molecular weight is 481 g/mol. The zero-order valence-corrected chi connectivity index (χ0v) is 15.4. The minimum absolute atomic E-state index is 0.109. The van der Waals surface area contributed by atoms with E-state index in [0.29, 0.717) is 0 Å². The Balaban J connectivity index is 0.000000242. The second-order valence-electron chi connectivity index (χ2n) is 4.64. The van der Waals surface area contributed by atoms with E-state index in [0.717, 1.165) is 5.52 Å². The lowest BCUT2D eigenvalue weighted by Gasteiger charge is -2.08. The Kier molecular flexibility index (Phi) is 6.36. The molecule has 3 rings (SSSR count). The zero-order valence-electron chi connectivity index (χ0n) is 12.4. The van der Waals surface area contributed by atoms with Gasteiger partial charge in [-0.2, -0.15) is 13.2 Å². The molecule has 2 aromatic carbocycles. The van der Waals surface area contributed by atoms with Crippen LogP contribution in [0.4, 0.5) is 13.2 Å². The van der Waals surface area contributed by atoms with Crippen LogP contribution in [0.5, 0.6) is 0 Å². The lowest BCUT2D eigenvalue weighted by atomic mass is 10.2. The number of hydrogen-bond acceptors (Lipinski definition) is 4. The van der Waals surface area contributed by atoms with Crippen molar-refractivity contribution in [3.05, 3.63) is 74.0 Å². The van der Waals surface area contributed by atoms with Crippen molar-refractivity contribution >= 4 is 21.0 Å². The number of hydrogen-bond donors (Lipinski definition) is 0. The molecule has 0 aliphatic carbocycles. The number of pyridine rings is 1. The molecule has 0 unspecified atom stereocenters. The molecule has 9 heteroatoms. The quantitative estimate of drug-likeness (QED) is 0.302. The average Bonchev–Trinajstić information content (AvgIpc) is 2.54. The Bertz CT molecular complexity index is 948. The van der Waals surface area contributed by atoms with E-state index in [4.69, 9.17) is 13.0 Å². The number of nitrogens with zero attached hydrogens (tertiary/aromatic N) is 1. The summed E-state index contributed by atoms with van der Waals surface area (Å²) in [6, 6.07) is 21.2. The minimum atomic E-state index is -6.09. The van der Waals surface area contributed by atoms with Crippen molar-refractivity contribution in [2.24, 2.45) is 0 Å². The predicted octanol–water partition coefficient (Wildman–Crippen LogP) is 0.415. The number of alkyl halides is 3. The molecule has 0 spiro atoms. The van der Waals surface area contributed by atoms with Gasteiger partial charge in [0.05, 0.1) is 11.7 Å². The number of halogens is 4. The summed E-state index contributed by atoms with van der Waals surface area (Å²) in [6.07, 6.45) is 2.02. The molecule has 0 radical (unpaired) electrons. The molecule has 0 saturated heterocycles. The molecule has 3 aromatic rings. The largest absolute Gasteiger partial charge is 0.741 e. The molecule has 0 atom stereocenters. The van der Waals surface area contributed by atoms with E-state index in [9.17, 15) is 13.2 Å². The summed E-state index contributed by atoms with van der Waals surface area (Å²) in [5, 5.41) is 1.24. The monoisotopic (exact) mass is 481 g/mol. The van der Waals surface area contributed by atoms with Gasteiger partial charge in [-0.3, -0.25) is 4.98 Å². The summed E-state index contributed by atoms with van der Waals surface area (Å²) in [5.41, 5.74) is -4.57. The van der Waals surface area contributed by atoms with Gasteiger partial charge in [-0.05, 0) is 18.2 Å². The molecule has 0 bridgehead atoms. The van der Waals surface area contributed by atoms with Gasteiger partial charge in [-0.1, -0.05) is 36.4 Å². The number of fused-ring (bicyclic) bond motifs is 1. The van der Waals surface area contributed by atoms with E-state index in [1.807, 2.05) is 12.3 Å². The molecule has 132 valence electrons. The van der Waals surface area contributed by atoms with Gasteiger partial charge in [-0.25, -0.2) is 8.42 Å². The van der Waals surface area contributed by atoms with Crippen molar-refractivity contribution in [1.82, 2.24) is 4.98 Å². The molecule has 0 saturated carbocycles. The Hall–Kier alpha value is -1.72. The third-order valence-electron chi connectivity index (χ3n) is 2.79. The van der Waals surface area contributed by atoms with Crippen LogP contribution in [0, 0.1) is 7.14 Å². The highest BCUT2D eigenvalue weighted by Crippen LogP contribution is 2.20. The lowest BCUT2D eigenvalue weighted by Crippen LogP contribution is -3.61. The smallest absolute Gasteiger partial charge is 0.485 e. The molecule has 0 fully saturated rings. The molecule has 25 heavy (non-hydrogen) atoms. The van der Waals surface area contributed by atoms with Crippen LogP contribution >= 0.6 is 0 Å². The van der Waals surface area contributed by atoms with Gasteiger partial charge in [0, 0.05) is 11.5 Å². The second-order valence-corrected chi connectivity index (χ2v) is 9.04. The van der Waals surface area contributed by atoms with Gasteiger partial charge < -0.3 is 4.55 Å². The van der Waals surface area contributed by atoms with Gasteiger partial charge in [-0.15, -0.1) is 0 Å². The molecule has 4 nitrogen and oxygen atoms in total. The van der Waals surface area contributed by atoms with Crippen molar-refractivity contribution in [2.45, 2.75) is 5.51 Å². The first kappa shape index (κ1) is 19.6. The molecule has 0 amide bonds. The highest BCUT2D eigenvalue weighted by Gasteiger charge is 2.36. The Morgan fingerprint density at radius 2 is 1.48 bits per heavy atom. The lowest BCUT2D eigenvalue weighted by molar-refractivity contribution is -0.597. The number of rotatable bonds is 2. The summed E-state index contributed by atoms with van der Waals surface area (Å²) >= 11 is -0.109. The number of aromatic nitrogens is 1.